The standard InChI is InChI=1S/C15H24N2O2/c1-4-13-11-17(8-7-16-13)10-12-5-6-14(18-2)15(9-12)19-3/h5-6,9,13,16H,4,7-8,10-11H2,1-3H3. The summed E-state index contributed by atoms with van der Waals surface area (Å²) in [5, 5.41) is 3.54. The number of methoxy groups -OCH3 is 2. The van der Waals surface area contributed by atoms with Crippen molar-refractivity contribution in [3.63, 3.8) is 0 Å². The van der Waals surface area contributed by atoms with Crippen molar-refractivity contribution in [1.29, 1.82) is 0 Å². The van der Waals surface area contributed by atoms with Gasteiger partial charge in [0, 0.05) is 32.2 Å². The second-order valence-electron chi connectivity index (χ2n) is 4.98. The molecule has 4 nitrogen and oxygen atoms in total. The van der Waals surface area contributed by atoms with E-state index in [2.05, 4.69) is 29.3 Å². The van der Waals surface area contributed by atoms with Gasteiger partial charge in [-0.3, -0.25) is 4.90 Å². The molecule has 1 saturated heterocycles. The van der Waals surface area contributed by atoms with Crippen LogP contribution in [0.5, 0.6) is 11.5 Å². The molecule has 106 valence electrons. The number of hydrogen-bond acceptors (Lipinski definition) is 4. The molecular weight excluding hydrogens is 240 g/mol. The predicted molar refractivity (Wildman–Crippen MR) is 76.9 cm³/mol. The first-order valence-corrected chi connectivity index (χ1v) is 6.93. The lowest BCUT2D eigenvalue weighted by atomic mass is 10.1. The third kappa shape index (κ3) is 3.61. The lowest BCUT2D eigenvalue weighted by Gasteiger charge is -2.33. The van der Waals surface area contributed by atoms with Crippen molar-refractivity contribution < 1.29 is 9.47 Å². The van der Waals surface area contributed by atoms with E-state index in [1.54, 1.807) is 14.2 Å². The molecule has 19 heavy (non-hydrogen) atoms. The van der Waals surface area contributed by atoms with Crippen LogP contribution in [0.1, 0.15) is 18.9 Å². The molecule has 0 aliphatic carbocycles. The summed E-state index contributed by atoms with van der Waals surface area (Å²) in [5.74, 6) is 1.60. The maximum atomic E-state index is 5.35. The molecule has 1 aliphatic heterocycles. The van der Waals surface area contributed by atoms with Crippen molar-refractivity contribution >= 4 is 0 Å². The Morgan fingerprint density at radius 3 is 2.74 bits per heavy atom. The average Bonchev–Trinajstić information content (AvgIpc) is 2.47. The first kappa shape index (κ1) is 14.2. The van der Waals surface area contributed by atoms with Gasteiger partial charge in [-0.2, -0.15) is 0 Å². The van der Waals surface area contributed by atoms with Crippen molar-refractivity contribution in [2.45, 2.75) is 25.9 Å². The molecule has 1 N–H and O–H groups in total. The Bertz CT molecular complexity index is 409. The van der Waals surface area contributed by atoms with E-state index >= 15 is 0 Å². The molecule has 0 radical (unpaired) electrons. The second kappa shape index (κ2) is 6.78. The van der Waals surface area contributed by atoms with E-state index in [1.807, 2.05) is 6.07 Å². The molecule has 1 fully saturated rings. The fourth-order valence-electron chi connectivity index (χ4n) is 2.55. The van der Waals surface area contributed by atoms with Crippen LogP contribution in [0.15, 0.2) is 18.2 Å². The van der Waals surface area contributed by atoms with E-state index in [-0.39, 0.29) is 0 Å². The van der Waals surface area contributed by atoms with Crippen molar-refractivity contribution in [2.24, 2.45) is 0 Å². The first-order chi connectivity index (χ1) is 9.26. The van der Waals surface area contributed by atoms with Crippen molar-refractivity contribution in [1.82, 2.24) is 10.2 Å². The smallest absolute Gasteiger partial charge is 0.161 e. The quantitative estimate of drug-likeness (QED) is 0.880. The monoisotopic (exact) mass is 264 g/mol. The Labute approximate surface area is 115 Å². The van der Waals surface area contributed by atoms with Gasteiger partial charge in [0.25, 0.3) is 0 Å². The Morgan fingerprint density at radius 1 is 1.26 bits per heavy atom. The molecule has 0 aromatic heterocycles. The molecule has 1 atom stereocenters. The van der Waals surface area contributed by atoms with Gasteiger partial charge in [-0.25, -0.2) is 0 Å². The van der Waals surface area contributed by atoms with Gasteiger partial charge in [-0.1, -0.05) is 13.0 Å². The van der Waals surface area contributed by atoms with Gasteiger partial charge in [0.15, 0.2) is 11.5 Å². The number of piperazine rings is 1. The highest BCUT2D eigenvalue weighted by Crippen LogP contribution is 2.28. The van der Waals surface area contributed by atoms with Gasteiger partial charge in [-0.15, -0.1) is 0 Å². The number of rotatable bonds is 5. The van der Waals surface area contributed by atoms with Gasteiger partial charge in [0.1, 0.15) is 0 Å². The van der Waals surface area contributed by atoms with E-state index in [4.69, 9.17) is 9.47 Å². The van der Waals surface area contributed by atoms with E-state index in [0.717, 1.165) is 37.7 Å². The van der Waals surface area contributed by atoms with Gasteiger partial charge in [0.2, 0.25) is 0 Å². The van der Waals surface area contributed by atoms with E-state index < -0.39 is 0 Å². The van der Waals surface area contributed by atoms with Gasteiger partial charge in [0.05, 0.1) is 14.2 Å². The zero-order valence-corrected chi connectivity index (χ0v) is 12.1. The molecule has 1 unspecified atom stereocenters. The van der Waals surface area contributed by atoms with E-state index in [0.29, 0.717) is 6.04 Å². The van der Waals surface area contributed by atoms with Crippen LogP contribution < -0.4 is 14.8 Å². The topological polar surface area (TPSA) is 33.7 Å². The fraction of sp³-hybridized carbons (Fsp3) is 0.600. The largest absolute Gasteiger partial charge is 0.493 e. The summed E-state index contributed by atoms with van der Waals surface area (Å²) in [6.45, 7) is 6.50. The zero-order chi connectivity index (χ0) is 13.7. The molecule has 1 aromatic carbocycles. The SMILES string of the molecule is CCC1CN(Cc2ccc(OC)c(OC)c2)CCN1. The molecule has 0 saturated carbocycles. The number of hydrogen-bond donors (Lipinski definition) is 1. The summed E-state index contributed by atoms with van der Waals surface area (Å²) in [7, 11) is 3.35. The maximum absolute atomic E-state index is 5.35. The molecule has 0 bridgehead atoms. The summed E-state index contributed by atoms with van der Waals surface area (Å²) in [6.07, 6.45) is 1.18. The van der Waals surface area contributed by atoms with Crippen LogP contribution in [0.2, 0.25) is 0 Å². The van der Waals surface area contributed by atoms with Gasteiger partial charge >= 0.3 is 0 Å². The highest BCUT2D eigenvalue weighted by molar-refractivity contribution is 5.42. The highest BCUT2D eigenvalue weighted by Gasteiger charge is 2.18. The maximum Gasteiger partial charge on any atom is 0.161 e. The summed E-state index contributed by atoms with van der Waals surface area (Å²) in [5.41, 5.74) is 1.27. The van der Waals surface area contributed by atoms with Crippen LogP contribution >= 0.6 is 0 Å². The molecular formula is C15H24N2O2. The van der Waals surface area contributed by atoms with Crippen molar-refractivity contribution in [3.8, 4) is 11.5 Å². The van der Waals surface area contributed by atoms with Crippen molar-refractivity contribution in [2.75, 3.05) is 33.9 Å². The van der Waals surface area contributed by atoms with Crippen LogP contribution in [0.4, 0.5) is 0 Å². The normalized spacial score (nSPS) is 20.3. The summed E-state index contributed by atoms with van der Waals surface area (Å²) in [4.78, 5) is 2.49. The molecule has 2 rings (SSSR count). The molecule has 4 heteroatoms. The lowest BCUT2D eigenvalue weighted by Crippen LogP contribution is -2.49. The Balaban J connectivity index is 2.02. The third-order valence-corrected chi connectivity index (χ3v) is 3.69. The Morgan fingerprint density at radius 2 is 2.05 bits per heavy atom. The number of nitrogens with zero attached hydrogens (tertiary/aromatic N) is 1. The zero-order valence-electron chi connectivity index (χ0n) is 12.1. The third-order valence-electron chi connectivity index (χ3n) is 3.69. The van der Waals surface area contributed by atoms with Crippen LogP contribution in [0.25, 0.3) is 0 Å². The predicted octanol–water partition coefficient (Wildman–Crippen LogP) is 1.89. The molecule has 1 aliphatic rings. The van der Waals surface area contributed by atoms with Crippen LogP contribution in [-0.4, -0.2) is 44.8 Å². The average molecular weight is 264 g/mol. The number of benzene rings is 1. The summed E-state index contributed by atoms with van der Waals surface area (Å²) >= 11 is 0. The van der Waals surface area contributed by atoms with Crippen LogP contribution in [0, 0.1) is 0 Å². The van der Waals surface area contributed by atoms with Crippen molar-refractivity contribution in [3.05, 3.63) is 23.8 Å². The number of ether oxygens (including phenoxy) is 2. The molecule has 1 aromatic rings. The summed E-state index contributed by atoms with van der Waals surface area (Å²) < 4.78 is 10.6. The molecule has 0 amide bonds. The number of nitrogens with one attached hydrogen (secondary N) is 1. The minimum Gasteiger partial charge on any atom is -0.493 e. The minimum atomic E-state index is 0.619. The lowest BCUT2D eigenvalue weighted by molar-refractivity contribution is 0.189. The molecule has 0 spiro atoms. The minimum absolute atomic E-state index is 0.619. The van der Waals surface area contributed by atoms with E-state index in [9.17, 15) is 0 Å². The highest BCUT2D eigenvalue weighted by atomic mass is 16.5. The second-order valence-corrected chi connectivity index (χ2v) is 4.98. The first-order valence-electron chi connectivity index (χ1n) is 6.93. The Hall–Kier alpha value is -1.26. The fourth-order valence-corrected chi connectivity index (χ4v) is 2.55. The Kier molecular flexibility index (Phi) is 5.05. The van der Waals surface area contributed by atoms with Crippen LogP contribution in [0.3, 0.4) is 0 Å². The van der Waals surface area contributed by atoms with Gasteiger partial charge < -0.3 is 14.8 Å². The summed E-state index contributed by atoms with van der Waals surface area (Å²) in [6, 6.07) is 6.79. The van der Waals surface area contributed by atoms with Crippen LogP contribution in [-0.2, 0) is 6.54 Å². The molecule has 1 heterocycles. The van der Waals surface area contributed by atoms with E-state index in [1.165, 1.54) is 12.0 Å². The van der Waals surface area contributed by atoms with Gasteiger partial charge in [-0.05, 0) is 24.1 Å².